The van der Waals surface area contributed by atoms with Crippen LogP contribution in [0.3, 0.4) is 0 Å². The third-order valence-corrected chi connectivity index (χ3v) is 5.29. The van der Waals surface area contributed by atoms with Crippen LogP contribution in [0.5, 0.6) is 0 Å². The first kappa shape index (κ1) is 16.2. The number of carbonyl (C=O) groups is 1. The summed E-state index contributed by atoms with van der Waals surface area (Å²) in [4.78, 5) is 13.2. The number of benzene rings is 1. The van der Waals surface area contributed by atoms with Crippen LogP contribution in [0.4, 0.5) is 0 Å². The van der Waals surface area contributed by atoms with Gasteiger partial charge >= 0.3 is 0 Å². The van der Waals surface area contributed by atoms with Crippen LogP contribution in [-0.4, -0.2) is 20.9 Å². The van der Waals surface area contributed by atoms with Crippen LogP contribution >= 0.6 is 27.3 Å². The highest BCUT2D eigenvalue weighted by molar-refractivity contribution is 9.10. The lowest BCUT2D eigenvalue weighted by atomic mass is 10.2. The Hall–Kier alpha value is -1.22. The summed E-state index contributed by atoms with van der Waals surface area (Å²) in [5.41, 5.74) is 0.243. The highest BCUT2D eigenvalue weighted by Crippen LogP contribution is 2.20. The van der Waals surface area contributed by atoms with Gasteiger partial charge in [0.1, 0.15) is 0 Å². The minimum Gasteiger partial charge on any atom is -0.352 e. The maximum absolute atomic E-state index is 12.1. The Morgan fingerprint density at radius 3 is 2.71 bits per heavy atom. The van der Waals surface area contributed by atoms with Gasteiger partial charge in [-0.25, -0.2) is 13.6 Å². The molecule has 1 amide bonds. The Labute approximate surface area is 135 Å². The third-order valence-electron chi connectivity index (χ3n) is 2.75. The number of amides is 1. The van der Waals surface area contributed by atoms with E-state index in [1.165, 1.54) is 23.1 Å². The first-order valence-electron chi connectivity index (χ1n) is 6.01. The van der Waals surface area contributed by atoms with Crippen molar-refractivity contribution in [2.45, 2.75) is 11.3 Å². The SMILES string of the molecule is NS(=O)(=O)c1ccc(Br)c(C(=O)NCCc2cccs2)c1. The van der Waals surface area contributed by atoms with E-state index in [9.17, 15) is 13.2 Å². The molecule has 0 aliphatic rings. The molecule has 0 atom stereocenters. The molecule has 2 rings (SSSR count). The molecule has 0 saturated heterocycles. The monoisotopic (exact) mass is 388 g/mol. The van der Waals surface area contributed by atoms with Crippen LogP contribution in [0, 0.1) is 0 Å². The number of sulfonamides is 1. The van der Waals surface area contributed by atoms with E-state index in [4.69, 9.17) is 5.14 Å². The van der Waals surface area contributed by atoms with Crippen molar-refractivity contribution in [3.8, 4) is 0 Å². The van der Waals surface area contributed by atoms with Crippen LogP contribution in [0.25, 0.3) is 0 Å². The molecule has 0 spiro atoms. The van der Waals surface area contributed by atoms with Gasteiger partial charge in [0, 0.05) is 15.9 Å². The lowest BCUT2D eigenvalue weighted by molar-refractivity contribution is 0.0953. The molecular weight excluding hydrogens is 376 g/mol. The lowest BCUT2D eigenvalue weighted by Crippen LogP contribution is -2.26. The van der Waals surface area contributed by atoms with Gasteiger partial charge in [0.2, 0.25) is 10.0 Å². The summed E-state index contributed by atoms with van der Waals surface area (Å²) in [6.45, 7) is 0.478. The summed E-state index contributed by atoms with van der Waals surface area (Å²) < 4.78 is 23.2. The molecule has 0 fully saturated rings. The van der Waals surface area contributed by atoms with Crippen LogP contribution in [-0.2, 0) is 16.4 Å². The van der Waals surface area contributed by atoms with Crippen molar-refractivity contribution in [3.63, 3.8) is 0 Å². The fourth-order valence-electron chi connectivity index (χ4n) is 1.70. The first-order chi connectivity index (χ1) is 9.88. The number of nitrogens with one attached hydrogen (secondary N) is 1. The highest BCUT2D eigenvalue weighted by Gasteiger charge is 2.15. The van der Waals surface area contributed by atoms with Gasteiger partial charge in [-0.05, 0) is 52.0 Å². The average molecular weight is 389 g/mol. The quantitative estimate of drug-likeness (QED) is 0.821. The van der Waals surface area contributed by atoms with Crippen molar-refractivity contribution >= 4 is 43.2 Å². The van der Waals surface area contributed by atoms with Gasteiger partial charge in [0.25, 0.3) is 5.91 Å². The number of rotatable bonds is 5. The summed E-state index contributed by atoms with van der Waals surface area (Å²) in [7, 11) is -3.83. The Morgan fingerprint density at radius 2 is 2.10 bits per heavy atom. The minimum absolute atomic E-state index is 0.0888. The third kappa shape index (κ3) is 4.37. The van der Waals surface area contributed by atoms with Gasteiger partial charge in [-0.2, -0.15) is 0 Å². The van der Waals surface area contributed by atoms with Gasteiger partial charge in [-0.3, -0.25) is 4.79 Å². The van der Waals surface area contributed by atoms with E-state index in [1.807, 2.05) is 17.5 Å². The van der Waals surface area contributed by atoms with E-state index in [0.717, 1.165) is 6.42 Å². The molecule has 5 nitrogen and oxygen atoms in total. The number of primary sulfonamides is 1. The molecule has 8 heteroatoms. The lowest BCUT2D eigenvalue weighted by Gasteiger charge is -2.08. The van der Waals surface area contributed by atoms with Crippen molar-refractivity contribution in [1.82, 2.24) is 5.32 Å². The van der Waals surface area contributed by atoms with E-state index in [1.54, 1.807) is 11.3 Å². The molecule has 1 aromatic carbocycles. The maximum atomic E-state index is 12.1. The second-order valence-electron chi connectivity index (χ2n) is 4.27. The molecule has 1 aromatic heterocycles. The van der Waals surface area contributed by atoms with Crippen LogP contribution < -0.4 is 10.5 Å². The molecule has 3 N–H and O–H groups in total. The zero-order chi connectivity index (χ0) is 15.5. The number of nitrogens with two attached hydrogens (primary N) is 1. The Bertz CT molecular complexity index is 743. The Kier molecular flexibility index (Phi) is 5.15. The Morgan fingerprint density at radius 1 is 1.33 bits per heavy atom. The van der Waals surface area contributed by atoms with Gasteiger partial charge in [0.15, 0.2) is 0 Å². The van der Waals surface area contributed by atoms with Crippen LogP contribution in [0.15, 0.2) is 45.1 Å². The van der Waals surface area contributed by atoms with Crippen molar-refractivity contribution in [1.29, 1.82) is 0 Å². The fraction of sp³-hybridized carbons (Fsp3) is 0.154. The van der Waals surface area contributed by atoms with Gasteiger partial charge in [0.05, 0.1) is 10.5 Å². The minimum atomic E-state index is -3.83. The standard InChI is InChI=1S/C13H13BrN2O3S2/c14-12-4-3-10(21(15,18)19)8-11(12)13(17)16-6-5-9-2-1-7-20-9/h1-4,7-8H,5-6H2,(H,16,17)(H2,15,18,19). The second kappa shape index (κ2) is 6.69. The zero-order valence-corrected chi connectivity index (χ0v) is 14.1. The van der Waals surface area contributed by atoms with Gasteiger partial charge in [-0.15, -0.1) is 11.3 Å². The fourth-order valence-corrected chi connectivity index (χ4v) is 3.38. The summed E-state index contributed by atoms with van der Waals surface area (Å²) in [6.07, 6.45) is 0.732. The van der Waals surface area contributed by atoms with Crippen LogP contribution in [0.1, 0.15) is 15.2 Å². The van der Waals surface area contributed by atoms with E-state index in [2.05, 4.69) is 21.2 Å². The number of thiophene rings is 1. The normalized spacial score (nSPS) is 11.3. The molecule has 0 unspecified atom stereocenters. The predicted molar refractivity (Wildman–Crippen MR) is 85.9 cm³/mol. The van der Waals surface area contributed by atoms with Crippen LogP contribution in [0.2, 0.25) is 0 Å². The van der Waals surface area contributed by atoms with Crippen molar-refractivity contribution in [3.05, 3.63) is 50.6 Å². The molecule has 112 valence electrons. The zero-order valence-electron chi connectivity index (χ0n) is 10.9. The van der Waals surface area contributed by atoms with Gasteiger partial charge < -0.3 is 5.32 Å². The molecule has 0 bridgehead atoms. The highest BCUT2D eigenvalue weighted by atomic mass is 79.9. The number of hydrogen-bond donors (Lipinski definition) is 2. The van der Waals surface area contributed by atoms with Crippen molar-refractivity contribution < 1.29 is 13.2 Å². The topological polar surface area (TPSA) is 89.3 Å². The summed E-state index contributed by atoms with van der Waals surface area (Å²) >= 11 is 4.86. The first-order valence-corrected chi connectivity index (χ1v) is 9.23. The summed E-state index contributed by atoms with van der Waals surface area (Å²) in [6, 6.07) is 8.05. The van der Waals surface area contributed by atoms with Crippen molar-refractivity contribution in [2.24, 2.45) is 5.14 Å². The smallest absolute Gasteiger partial charge is 0.252 e. The largest absolute Gasteiger partial charge is 0.352 e. The van der Waals surface area contributed by atoms with E-state index >= 15 is 0 Å². The second-order valence-corrected chi connectivity index (χ2v) is 7.72. The number of hydrogen-bond acceptors (Lipinski definition) is 4. The number of halogens is 1. The molecule has 0 aliphatic carbocycles. The average Bonchev–Trinajstić information content (AvgIpc) is 2.91. The molecule has 0 aliphatic heterocycles. The van der Waals surface area contributed by atoms with Gasteiger partial charge in [-0.1, -0.05) is 6.07 Å². The molecule has 0 radical (unpaired) electrons. The predicted octanol–water partition coefficient (Wildman–Crippen LogP) is 2.13. The summed E-state index contributed by atoms with van der Waals surface area (Å²) in [5.74, 6) is -0.344. The summed E-state index contributed by atoms with van der Waals surface area (Å²) in [5, 5.41) is 9.80. The molecule has 21 heavy (non-hydrogen) atoms. The van der Waals surface area contributed by atoms with E-state index in [0.29, 0.717) is 11.0 Å². The number of carbonyl (C=O) groups excluding carboxylic acids is 1. The maximum Gasteiger partial charge on any atom is 0.252 e. The molecular formula is C13H13BrN2O3S2. The molecule has 0 saturated carbocycles. The van der Waals surface area contributed by atoms with E-state index < -0.39 is 10.0 Å². The Balaban J connectivity index is 2.08. The molecule has 1 heterocycles. The van der Waals surface area contributed by atoms with E-state index in [-0.39, 0.29) is 16.4 Å². The van der Waals surface area contributed by atoms with Crippen molar-refractivity contribution in [2.75, 3.05) is 6.54 Å². The molecule has 2 aromatic rings.